The van der Waals surface area contributed by atoms with Gasteiger partial charge in [0.1, 0.15) is 0 Å². The highest BCUT2D eigenvalue weighted by molar-refractivity contribution is 5.80. The molecule has 154 valence electrons. The molecular weight excluding hydrogens is 340 g/mol. The fourth-order valence-electron chi connectivity index (χ4n) is 4.66. The van der Waals surface area contributed by atoms with Gasteiger partial charge in [0.25, 0.3) is 0 Å². The van der Waals surface area contributed by atoms with Crippen LogP contribution >= 0.6 is 0 Å². The molecule has 2 N–H and O–H groups in total. The van der Waals surface area contributed by atoms with Gasteiger partial charge in [0.05, 0.1) is 0 Å². The standard InChI is InChI=1S/C20H38N6O/c1-4-16(5-2)19(27)26-8-6-17(7-9-26)23-20(21-3)22-14-18-15-24-10-12-25(18)13-11-24/h16-18H,4-15H2,1-3H3,(H2,21,22,23). The van der Waals surface area contributed by atoms with Gasteiger partial charge < -0.3 is 15.5 Å². The predicted octanol–water partition coefficient (Wildman–Crippen LogP) is 0.578. The molecule has 4 heterocycles. The van der Waals surface area contributed by atoms with Gasteiger partial charge in [-0.1, -0.05) is 13.8 Å². The molecule has 4 saturated heterocycles. The van der Waals surface area contributed by atoms with Gasteiger partial charge in [0.2, 0.25) is 5.91 Å². The van der Waals surface area contributed by atoms with E-state index in [0.717, 1.165) is 51.3 Å². The van der Waals surface area contributed by atoms with Gasteiger partial charge in [0.15, 0.2) is 5.96 Å². The van der Waals surface area contributed by atoms with Crippen LogP contribution in [0.25, 0.3) is 0 Å². The first kappa shape index (κ1) is 20.4. The summed E-state index contributed by atoms with van der Waals surface area (Å²) in [7, 11) is 1.85. The summed E-state index contributed by atoms with van der Waals surface area (Å²) < 4.78 is 0. The quantitative estimate of drug-likeness (QED) is 0.523. The number of hydrogen-bond acceptors (Lipinski definition) is 4. The molecule has 0 aromatic rings. The van der Waals surface area contributed by atoms with Crippen LogP contribution in [0.1, 0.15) is 39.5 Å². The zero-order chi connectivity index (χ0) is 19.2. The Morgan fingerprint density at radius 1 is 1.07 bits per heavy atom. The highest BCUT2D eigenvalue weighted by Gasteiger charge is 2.32. The number of piperidine rings is 1. The van der Waals surface area contributed by atoms with Crippen LogP contribution in [-0.4, -0.2) is 98.1 Å². The Morgan fingerprint density at radius 2 is 1.74 bits per heavy atom. The number of nitrogens with one attached hydrogen (secondary N) is 2. The average Bonchev–Trinajstić information content (AvgIpc) is 2.73. The topological polar surface area (TPSA) is 63.2 Å². The number of nitrogens with zero attached hydrogens (tertiary/aromatic N) is 4. The highest BCUT2D eigenvalue weighted by Crippen LogP contribution is 2.18. The first-order chi connectivity index (χ1) is 13.1. The number of rotatable bonds is 6. The molecule has 0 spiro atoms. The van der Waals surface area contributed by atoms with E-state index in [2.05, 4.69) is 44.2 Å². The Bertz CT molecular complexity index is 505. The lowest BCUT2D eigenvalue weighted by Gasteiger charge is -2.47. The molecule has 1 atom stereocenters. The monoisotopic (exact) mass is 378 g/mol. The lowest BCUT2D eigenvalue weighted by atomic mass is 9.98. The number of carbonyl (C=O) groups is 1. The summed E-state index contributed by atoms with van der Waals surface area (Å²) in [5, 5.41) is 7.11. The van der Waals surface area contributed by atoms with E-state index in [1.807, 2.05) is 7.05 Å². The van der Waals surface area contributed by atoms with E-state index >= 15 is 0 Å². The summed E-state index contributed by atoms with van der Waals surface area (Å²) in [5.41, 5.74) is 0. The maximum atomic E-state index is 12.5. The van der Waals surface area contributed by atoms with Crippen LogP contribution < -0.4 is 10.6 Å². The van der Waals surface area contributed by atoms with Crippen LogP contribution in [0.15, 0.2) is 4.99 Å². The number of piperazine rings is 3. The maximum absolute atomic E-state index is 12.5. The minimum absolute atomic E-state index is 0.195. The SMILES string of the molecule is CCC(CC)C(=O)N1CCC(NC(=NC)NCC2CN3CCN2CC3)CC1. The third kappa shape index (κ3) is 5.13. The fourth-order valence-corrected chi connectivity index (χ4v) is 4.66. The second-order valence-corrected chi connectivity index (χ2v) is 8.20. The van der Waals surface area contributed by atoms with E-state index in [4.69, 9.17) is 0 Å². The molecule has 7 heteroatoms. The summed E-state index contributed by atoms with van der Waals surface area (Å²) in [4.78, 5) is 24.2. The van der Waals surface area contributed by atoms with Crippen LogP contribution in [-0.2, 0) is 4.79 Å². The zero-order valence-electron chi connectivity index (χ0n) is 17.4. The molecule has 0 saturated carbocycles. The second-order valence-electron chi connectivity index (χ2n) is 8.20. The van der Waals surface area contributed by atoms with Crippen molar-refractivity contribution in [2.24, 2.45) is 10.9 Å². The van der Waals surface area contributed by atoms with Crippen molar-refractivity contribution in [2.45, 2.75) is 51.6 Å². The molecule has 0 aromatic heterocycles. The van der Waals surface area contributed by atoms with Crippen LogP contribution in [0, 0.1) is 5.92 Å². The van der Waals surface area contributed by atoms with Gasteiger partial charge in [-0.3, -0.25) is 19.6 Å². The summed E-state index contributed by atoms with van der Waals surface area (Å²) in [6, 6.07) is 0.986. The summed E-state index contributed by atoms with van der Waals surface area (Å²) >= 11 is 0. The van der Waals surface area contributed by atoms with Crippen molar-refractivity contribution in [3.05, 3.63) is 0 Å². The Morgan fingerprint density at radius 3 is 2.26 bits per heavy atom. The number of fused-ring (bicyclic) bond motifs is 3. The minimum Gasteiger partial charge on any atom is -0.355 e. The molecule has 1 amide bonds. The Kier molecular flexibility index (Phi) is 7.35. The van der Waals surface area contributed by atoms with E-state index < -0.39 is 0 Å². The van der Waals surface area contributed by atoms with Gasteiger partial charge in [-0.05, 0) is 25.7 Å². The van der Waals surface area contributed by atoms with Crippen molar-refractivity contribution in [1.82, 2.24) is 25.3 Å². The van der Waals surface area contributed by atoms with Crippen molar-refractivity contribution in [3.8, 4) is 0 Å². The second kappa shape index (κ2) is 9.73. The molecule has 4 fully saturated rings. The minimum atomic E-state index is 0.195. The first-order valence-corrected chi connectivity index (χ1v) is 10.9. The molecule has 7 nitrogen and oxygen atoms in total. The number of guanidine groups is 1. The zero-order valence-corrected chi connectivity index (χ0v) is 17.4. The maximum Gasteiger partial charge on any atom is 0.225 e. The fraction of sp³-hybridized carbons (Fsp3) is 0.900. The van der Waals surface area contributed by atoms with Gasteiger partial charge >= 0.3 is 0 Å². The lowest BCUT2D eigenvalue weighted by molar-refractivity contribution is -0.136. The Balaban J connectivity index is 1.40. The molecule has 1 unspecified atom stereocenters. The van der Waals surface area contributed by atoms with E-state index in [1.165, 1.54) is 32.7 Å². The molecular formula is C20H38N6O. The van der Waals surface area contributed by atoms with Crippen molar-refractivity contribution < 1.29 is 4.79 Å². The van der Waals surface area contributed by atoms with Crippen LogP contribution in [0.4, 0.5) is 0 Å². The lowest BCUT2D eigenvalue weighted by Crippen LogP contribution is -2.64. The first-order valence-electron chi connectivity index (χ1n) is 10.9. The van der Waals surface area contributed by atoms with Crippen molar-refractivity contribution >= 4 is 11.9 Å². The van der Waals surface area contributed by atoms with Gasteiger partial charge in [0, 0.05) is 77.4 Å². The third-order valence-corrected chi connectivity index (χ3v) is 6.60. The summed E-state index contributed by atoms with van der Waals surface area (Å²) in [6.07, 6.45) is 3.88. The van der Waals surface area contributed by atoms with Crippen molar-refractivity contribution in [1.29, 1.82) is 0 Å². The van der Waals surface area contributed by atoms with Crippen molar-refractivity contribution in [2.75, 3.05) is 59.4 Å². The van der Waals surface area contributed by atoms with Crippen LogP contribution in [0.3, 0.4) is 0 Å². The number of aliphatic imine (C=N–C) groups is 1. The van der Waals surface area contributed by atoms with E-state index in [9.17, 15) is 4.79 Å². The molecule has 27 heavy (non-hydrogen) atoms. The number of carbonyl (C=O) groups excluding carboxylic acids is 1. The molecule has 4 rings (SSSR count). The normalized spacial score (nSPS) is 29.3. The number of hydrogen-bond donors (Lipinski definition) is 2. The van der Waals surface area contributed by atoms with Gasteiger partial charge in [-0.2, -0.15) is 0 Å². The smallest absolute Gasteiger partial charge is 0.225 e. The Labute approximate surface area is 164 Å². The summed E-state index contributed by atoms with van der Waals surface area (Å²) in [6.45, 7) is 12.9. The van der Waals surface area contributed by atoms with Gasteiger partial charge in [-0.25, -0.2) is 0 Å². The van der Waals surface area contributed by atoms with E-state index in [0.29, 0.717) is 18.0 Å². The van der Waals surface area contributed by atoms with Crippen LogP contribution in [0.2, 0.25) is 0 Å². The van der Waals surface area contributed by atoms with E-state index in [-0.39, 0.29) is 5.92 Å². The number of likely N-dealkylation sites (tertiary alicyclic amines) is 1. The van der Waals surface area contributed by atoms with E-state index in [1.54, 1.807) is 0 Å². The van der Waals surface area contributed by atoms with Gasteiger partial charge in [-0.15, -0.1) is 0 Å². The number of amides is 1. The Hall–Kier alpha value is -1.34. The molecule has 0 radical (unpaired) electrons. The average molecular weight is 379 g/mol. The predicted molar refractivity (Wildman–Crippen MR) is 110 cm³/mol. The van der Waals surface area contributed by atoms with Crippen molar-refractivity contribution in [3.63, 3.8) is 0 Å². The molecule has 4 aliphatic heterocycles. The molecule has 0 aromatic carbocycles. The van der Waals surface area contributed by atoms with Crippen LogP contribution in [0.5, 0.6) is 0 Å². The summed E-state index contributed by atoms with van der Waals surface area (Å²) in [5.74, 6) is 1.44. The largest absolute Gasteiger partial charge is 0.355 e. The third-order valence-electron chi connectivity index (χ3n) is 6.60. The molecule has 0 aliphatic carbocycles. The molecule has 2 bridgehead atoms. The highest BCUT2D eigenvalue weighted by atomic mass is 16.2. The molecule has 4 aliphatic rings.